The molecule has 1 unspecified atom stereocenters. The number of nitrogens with zero attached hydrogens (tertiary/aromatic N) is 1. The van der Waals surface area contributed by atoms with Crippen LogP contribution in [0.5, 0.6) is 0 Å². The Morgan fingerprint density at radius 3 is 2.28 bits per heavy atom. The summed E-state index contributed by atoms with van der Waals surface area (Å²) in [4.78, 5) is 25.4. The first-order valence-corrected chi connectivity index (χ1v) is 15.2. The molecule has 0 saturated heterocycles. The Hall–Kier alpha value is -2.02. The molecule has 0 aromatic carbocycles. The highest BCUT2D eigenvalue weighted by atomic mass is 28.3. The summed E-state index contributed by atoms with van der Waals surface area (Å²) in [7, 11) is -1.73. The van der Waals surface area contributed by atoms with Crippen LogP contribution < -0.4 is 5.43 Å². The molecule has 1 N–H and O–H groups in total. The van der Waals surface area contributed by atoms with Crippen molar-refractivity contribution in [1.29, 1.82) is 0 Å². The number of carbonyl (C=O) groups excluding carboxylic acids is 2. The summed E-state index contributed by atoms with van der Waals surface area (Å²) in [6.45, 7) is 22.5. The number of allylic oxidation sites excluding steroid dienone is 3. The van der Waals surface area contributed by atoms with Crippen molar-refractivity contribution in [2.45, 2.75) is 98.7 Å². The van der Waals surface area contributed by atoms with E-state index in [-0.39, 0.29) is 18.2 Å². The van der Waals surface area contributed by atoms with Gasteiger partial charge in [-0.15, -0.1) is 0 Å². The molecule has 0 aliphatic heterocycles. The van der Waals surface area contributed by atoms with Crippen LogP contribution in [0.3, 0.4) is 0 Å². The molecule has 0 spiro atoms. The van der Waals surface area contributed by atoms with E-state index >= 15 is 0 Å². The number of carbonyl (C=O) groups is 2. The highest BCUT2D eigenvalue weighted by Gasteiger charge is 2.51. The lowest BCUT2D eigenvalue weighted by molar-refractivity contribution is 0.0456. The number of hydrogen-bond donors (Lipinski definition) is 1. The second-order valence-electron chi connectivity index (χ2n) is 10.8. The number of nitrogens with one attached hydrogen (secondary N) is 1. The Labute approximate surface area is 195 Å². The maximum atomic E-state index is 13.0. The molecule has 2 aliphatic carbocycles. The van der Waals surface area contributed by atoms with Gasteiger partial charge in [0.15, 0.2) is 0 Å². The summed E-state index contributed by atoms with van der Waals surface area (Å²) in [5, 5.41) is 2.67. The summed E-state index contributed by atoms with van der Waals surface area (Å²) in [6.07, 6.45) is 3.60. The van der Waals surface area contributed by atoms with Gasteiger partial charge in [0.1, 0.15) is 0 Å². The Morgan fingerprint density at radius 1 is 1.19 bits per heavy atom. The fourth-order valence-corrected chi connectivity index (χ4v) is 6.75. The zero-order valence-electron chi connectivity index (χ0n) is 21.4. The summed E-state index contributed by atoms with van der Waals surface area (Å²) < 4.78 is 10.7. The molecular weight excluding hydrogens is 420 g/mol. The Bertz CT molecular complexity index is 807. The molecule has 0 aromatic rings. The van der Waals surface area contributed by atoms with Crippen LogP contribution in [0.4, 0.5) is 9.59 Å². The van der Waals surface area contributed by atoms with Crippen molar-refractivity contribution in [1.82, 2.24) is 10.4 Å². The van der Waals surface area contributed by atoms with Crippen molar-refractivity contribution in [2.75, 3.05) is 0 Å². The van der Waals surface area contributed by atoms with Crippen LogP contribution >= 0.6 is 0 Å². The standard InChI is InChI=1S/C25H42N2O4Si/c1-15(2)19-12-11-18(7)20(13-19)14-21-22(23(21)32(8,9)10)27(25(29)31-17(5)6)26-24(28)30-16(3)4/h11,16-17,19-20,22H,1,12-14H2,2-10H3,(H,26,28)/t19-,20+,22?/m0/s1. The largest absolute Gasteiger partial charge is 0.446 e. The monoisotopic (exact) mass is 462 g/mol. The van der Waals surface area contributed by atoms with Crippen molar-refractivity contribution in [3.05, 3.63) is 34.6 Å². The number of hydrazine groups is 1. The van der Waals surface area contributed by atoms with Crippen LogP contribution in [0, 0.1) is 11.8 Å². The van der Waals surface area contributed by atoms with E-state index in [1.165, 1.54) is 26.9 Å². The van der Waals surface area contributed by atoms with E-state index in [0.717, 1.165) is 19.3 Å². The molecule has 180 valence electrons. The quantitative estimate of drug-likeness (QED) is 0.271. The second-order valence-corrected chi connectivity index (χ2v) is 15.9. The first-order chi connectivity index (χ1) is 14.7. The molecule has 7 heteroatoms. The van der Waals surface area contributed by atoms with E-state index in [2.05, 4.69) is 51.6 Å². The molecule has 3 atom stereocenters. The van der Waals surface area contributed by atoms with Gasteiger partial charge in [-0.05, 0) is 78.2 Å². The topological polar surface area (TPSA) is 67.9 Å². The normalized spacial score (nSPS) is 23.1. The molecule has 32 heavy (non-hydrogen) atoms. The molecule has 2 amide bonds. The zero-order chi connectivity index (χ0) is 24.4. The van der Waals surface area contributed by atoms with Gasteiger partial charge in [0, 0.05) is 0 Å². The van der Waals surface area contributed by atoms with Crippen LogP contribution in [-0.4, -0.2) is 43.5 Å². The van der Waals surface area contributed by atoms with Crippen molar-refractivity contribution in [2.24, 2.45) is 11.8 Å². The van der Waals surface area contributed by atoms with E-state index < -0.39 is 20.3 Å². The molecule has 0 bridgehead atoms. The highest BCUT2D eigenvalue weighted by Crippen LogP contribution is 2.48. The highest BCUT2D eigenvalue weighted by molar-refractivity contribution is 6.84. The number of rotatable bonds is 7. The second kappa shape index (κ2) is 10.3. The zero-order valence-corrected chi connectivity index (χ0v) is 22.4. The number of ether oxygens (including phenoxy) is 2. The first-order valence-electron chi connectivity index (χ1n) is 11.7. The van der Waals surface area contributed by atoms with Crippen LogP contribution in [0.1, 0.15) is 60.8 Å². The molecule has 0 heterocycles. The lowest BCUT2D eigenvalue weighted by Gasteiger charge is -2.30. The third kappa shape index (κ3) is 6.74. The third-order valence-electron chi connectivity index (χ3n) is 6.12. The number of hydrogen-bond acceptors (Lipinski definition) is 4. The van der Waals surface area contributed by atoms with Gasteiger partial charge in [-0.1, -0.05) is 48.6 Å². The van der Waals surface area contributed by atoms with E-state index in [1.807, 2.05) is 0 Å². The van der Waals surface area contributed by atoms with Crippen LogP contribution in [0.25, 0.3) is 0 Å². The van der Waals surface area contributed by atoms with Gasteiger partial charge < -0.3 is 9.47 Å². The Morgan fingerprint density at radius 2 is 1.78 bits per heavy atom. The SMILES string of the molecule is C=C(C)[C@H]1CC=C(C)[C@@H](CC2=C([Si](C)(C)C)C2N(NC(=O)OC(C)C)C(=O)OC(C)C)C1. The van der Waals surface area contributed by atoms with E-state index in [0.29, 0.717) is 11.8 Å². The third-order valence-corrected chi connectivity index (χ3v) is 8.33. The fourth-order valence-electron chi connectivity index (χ4n) is 4.50. The minimum Gasteiger partial charge on any atom is -0.446 e. The molecule has 0 radical (unpaired) electrons. The van der Waals surface area contributed by atoms with E-state index in [4.69, 9.17) is 9.47 Å². The minimum atomic E-state index is -1.73. The van der Waals surface area contributed by atoms with Gasteiger partial charge in [-0.25, -0.2) is 20.0 Å². The van der Waals surface area contributed by atoms with Crippen molar-refractivity contribution in [3.8, 4) is 0 Å². The Kier molecular flexibility index (Phi) is 8.42. The predicted molar refractivity (Wildman–Crippen MR) is 132 cm³/mol. The maximum Gasteiger partial charge on any atom is 0.429 e. The molecule has 6 nitrogen and oxygen atoms in total. The van der Waals surface area contributed by atoms with E-state index in [1.54, 1.807) is 27.7 Å². The van der Waals surface area contributed by atoms with Gasteiger partial charge in [0.2, 0.25) is 0 Å². The average Bonchev–Trinajstić information content (AvgIpc) is 3.34. The summed E-state index contributed by atoms with van der Waals surface area (Å²) in [5.41, 5.74) is 6.56. The van der Waals surface area contributed by atoms with Crippen LogP contribution in [0.2, 0.25) is 19.6 Å². The van der Waals surface area contributed by atoms with Crippen molar-refractivity contribution < 1.29 is 19.1 Å². The molecular formula is C25H42N2O4Si. The minimum absolute atomic E-state index is 0.231. The fraction of sp³-hybridized carbons (Fsp3) is 0.680. The smallest absolute Gasteiger partial charge is 0.429 e. The number of amides is 2. The van der Waals surface area contributed by atoms with Crippen molar-refractivity contribution >= 4 is 20.3 Å². The van der Waals surface area contributed by atoms with E-state index in [9.17, 15) is 9.59 Å². The van der Waals surface area contributed by atoms with Crippen molar-refractivity contribution in [3.63, 3.8) is 0 Å². The lowest BCUT2D eigenvalue weighted by atomic mass is 9.77. The molecule has 0 fully saturated rings. The summed E-state index contributed by atoms with van der Waals surface area (Å²) in [5.74, 6) is 0.917. The van der Waals surface area contributed by atoms with Crippen LogP contribution in [0.15, 0.2) is 34.6 Å². The molecule has 0 saturated carbocycles. The average molecular weight is 463 g/mol. The predicted octanol–water partition coefficient (Wildman–Crippen LogP) is 6.38. The van der Waals surface area contributed by atoms with Gasteiger partial charge in [0.05, 0.1) is 26.3 Å². The molecule has 2 rings (SSSR count). The maximum absolute atomic E-state index is 13.0. The molecule has 0 aromatic heterocycles. The van der Waals surface area contributed by atoms with Gasteiger partial charge >= 0.3 is 12.2 Å². The van der Waals surface area contributed by atoms with Gasteiger partial charge in [-0.3, -0.25) is 0 Å². The van der Waals surface area contributed by atoms with Gasteiger partial charge in [0.25, 0.3) is 0 Å². The lowest BCUT2D eigenvalue weighted by Crippen LogP contribution is -2.51. The summed E-state index contributed by atoms with van der Waals surface area (Å²) >= 11 is 0. The summed E-state index contributed by atoms with van der Waals surface area (Å²) in [6, 6.07) is -0.231. The Balaban J connectivity index is 2.29. The first kappa shape index (κ1) is 26.2. The molecule has 2 aliphatic rings. The van der Waals surface area contributed by atoms with Gasteiger partial charge in [-0.2, -0.15) is 0 Å². The van der Waals surface area contributed by atoms with Crippen LogP contribution in [-0.2, 0) is 9.47 Å².